The standard InChI is InChI=1S/C10H5N3O/c14-10-12-8-2-1-6-3-4-11-5-7(6)9(8)13-10/h1-5H. The van der Waals surface area contributed by atoms with Gasteiger partial charge in [-0.15, -0.1) is 0 Å². The lowest BCUT2D eigenvalue weighted by molar-refractivity contribution is 0.257. The van der Waals surface area contributed by atoms with Gasteiger partial charge in [-0.05, 0) is 17.5 Å². The summed E-state index contributed by atoms with van der Waals surface area (Å²) in [6, 6.07) is 5.16. The van der Waals surface area contributed by atoms with Gasteiger partial charge in [0.1, 0.15) is 5.36 Å². The van der Waals surface area contributed by atoms with Crippen LogP contribution in [0, 0.1) is 0 Å². The lowest BCUT2D eigenvalue weighted by atomic mass is 10.1. The smallest absolute Gasteiger partial charge is 0.264 e. The molecule has 4 nitrogen and oxygen atoms in total. The Kier molecular flexibility index (Phi) is 1.28. The third kappa shape index (κ3) is 0.877. The van der Waals surface area contributed by atoms with Crippen LogP contribution in [0.2, 0.25) is 0 Å². The molecule has 2 heterocycles. The normalized spacial score (nSPS) is 13.6. The van der Waals surface area contributed by atoms with Gasteiger partial charge in [-0.3, -0.25) is 4.98 Å². The maximum Gasteiger partial charge on any atom is 0.368 e. The number of carbonyl (C=O) groups is 1. The number of hydrogen-bond acceptors (Lipinski definition) is 2. The van der Waals surface area contributed by atoms with Crippen molar-refractivity contribution in [3.8, 4) is 0 Å². The molecule has 0 saturated carbocycles. The molecule has 2 amide bonds. The molecule has 0 bridgehead atoms. The van der Waals surface area contributed by atoms with Crippen LogP contribution >= 0.6 is 0 Å². The quantitative estimate of drug-likeness (QED) is 0.600. The van der Waals surface area contributed by atoms with Gasteiger partial charge in [0.05, 0.1) is 5.36 Å². The van der Waals surface area contributed by atoms with Gasteiger partial charge in [0, 0.05) is 17.8 Å². The molecular weight excluding hydrogens is 178 g/mol. The van der Waals surface area contributed by atoms with Gasteiger partial charge in [0.25, 0.3) is 0 Å². The van der Waals surface area contributed by atoms with E-state index in [2.05, 4.69) is 15.0 Å². The summed E-state index contributed by atoms with van der Waals surface area (Å²) in [5.74, 6) is 0. The molecule has 2 aromatic rings. The molecular formula is C10H5N3O. The Morgan fingerprint density at radius 1 is 1.07 bits per heavy atom. The first-order valence-electron chi connectivity index (χ1n) is 4.19. The topological polar surface area (TPSA) is 54.7 Å². The molecule has 0 radical (unpaired) electrons. The number of benzene rings is 1. The molecule has 0 spiro atoms. The molecule has 1 aliphatic rings. The van der Waals surface area contributed by atoms with E-state index in [9.17, 15) is 4.79 Å². The van der Waals surface area contributed by atoms with Crippen molar-refractivity contribution in [2.24, 2.45) is 9.98 Å². The van der Waals surface area contributed by atoms with Gasteiger partial charge in [0.15, 0.2) is 0 Å². The summed E-state index contributed by atoms with van der Waals surface area (Å²) in [6.45, 7) is 0. The van der Waals surface area contributed by atoms with E-state index in [0.717, 1.165) is 10.8 Å². The summed E-state index contributed by atoms with van der Waals surface area (Å²) in [5.41, 5.74) is 0. The highest BCUT2D eigenvalue weighted by molar-refractivity contribution is 5.85. The Balaban J connectivity index is 2.65. The Morgan fingerprint density at radius 3 is 2.93 bits per heavy atom. The maximum atomic E-state index is 11.0. The minimum absolute atomic E-state index is 0.434. The van der Waals surface area contributed by atoms with Crippen LogP contribution in [0.5, 0.6) is 0 Å². The molecule has 0 fully saturated rings. The average Bonchev–Trinajstić information content (AvgIpc) is 2.59. The minimum Gasteiger partial charge on any atom is -0.264 e. The van der Waals surface area contributed by atoms with Gasteiger partial charge in [-0.2, -0.15) is 9.98 Å². The first-order valence-corrected chi connectivity index (χ1v) is 4.19. The van der Waals surface area contributed by atoms with Gasteiger partial charge in [-0.1, -0.05) is 6.07 Å². The highest BCUT2D eigenvalue weighted by Gasteiger charge is 2.07. The Labute approximate surface area is 78.6 Å². The molecule has 1 aliphatic heterocycles. The van der Waals surface area contributed by atoms with Crippen molar-refractivity contribution in [3.63, 3.8) is 0 Å². The van der Waals surface area contributed by atoms with Crippen LogP contribution in [0.3, 0.4) is 0 Å². The molecule has 0 aliphatic carbocycles. The SMILES string of the molecule is O=C1N=c2ccc3ccncc3c2=N1. The van der Waals surface area contributed by atoms with E-state index in [0.29, 0.717) is 10.7 Å². The lowest BCUT2D eigenvalue weighted by Crippen LogP contribution is -2.21. The van der Waals surface area contributed by atoms with Crippen LogP contribution in [0.4, 0.5) is 4.79 Å². The largest absolute Gasteiger partial charge is 0.368 e. The Bertz CT molecular complexity index is 661. The second kappa shape index (κ2) is 2.45. The van der Waals surface area contributed by atoms with Crippen LogP contribution in [0.1, 0.15) is 0 Å². The number of aromatic nitrogens is 1. The van der Waals surface area contributed by atoms with Crippen molar-refractivity contribution >= 4 is 16.8 Å². The highest BCUT2D eigenvalue weighted by Crippen LogP contribution is 2.05. The number of nitrogens with zero attached hydrogens (tertiary/aromatic N) is 3. The number of amides is 2. The molecule has 0 unspecified atom stereocenters. The molecule has 4 heteroatoms. The van der Waals surface area contributed by atoms with Crippen molar-refractivity contribution in [1.82, 2.24) is 4.98 Å². The van der Waals surface area contributed by atoms with Crippen LogP contribution in [-0.4, -0.2) is 11.0 Å². The third-order valence-corrected chi connectivity index (χ3v) is 2.20. The molecule has 0 N–H and O–H groups in total. The van der Waals surface area contributed by atoms with E-state index in [1.165, 1.54) is 0 Å². The number of carbonyl (C=O) groups excluding carboxylic acids is 1. The Morgan fingerprint density at radius 2 is 2.00 bits per heavy atom. The number of fused-ring (bicyclic) bond motifs is 3. The lowest BCUT2D eigenvalue weighted by Gasteiger charge is -1.93. The first kappa shape index (κ1) is 7.32. The predicted molar refractivity (Wildman–Crippen MR) is 49.5 cm³/mol. The summed E-state index contributed by atoms with van der Waals surface area (Å²) in [6.07, 6.45) is 3.41. The van der Waals surface area contributed by atoms with Crippen LogP contribution < -0.4 is 10.7 Å². The van der Waals surface area contributed by atoms with Crippen LogP contribution in [0.15, 0.2) is 40.6 Å². The summed E-state index contributed by atoms with van der Waals surface area (Å²) >= 11 is 0. The summed E-state index contributed by atoms with van der Waals surface area (Å²) in [4.78, 5) is 22.6. The summed E-state index contributed by atoms with van der Waals surface area (Å²) in [5, 5.41) is 3.17. The van der Waals surface area contributed by atoms with E-state index in [1.54, 1.807) is 18.5 Å². The number of pyridine rings is 1. The van der Waals surface area contributed by atoms with Crippen molar-refractivity contribution in [1.29, 1.82) is 0 Å². The second-order valence-electron chi connectivity index (χ2n) is 3.04. The minimum atomic E-state index is -0.434. The summed E-state index contributed by atoms with van der Waals surface area (Å²) < 4.78 is 0. The number of rotatable bonds is 0. The van der Waals surface area contributed by atoms with Crippen molar-refractivity contribution in [2.75, 3.05) is 0 Å². The van der Waals surface area contributed by atoms with E-state index in [1.807, 2.05) is 12.1 Å². The Hall–Kier alpha value is -2.10. The monoisotopic (exact) mass is 183 g/mol. The first-order chi connectivity index (χ1) is 6.84. The average molecular weight is 183 g/mol. The molecule has 66 valence electrons. The van der Waals surface area contributed by atoms with Crippen LogP contribution in [-0.2, 0) is 0 Å². The number of urea groups is 1. The van der Waals surface area contributed by atoms with E-state index in [-0.39, 0.29) is 0 Å². The van der Waals surface area contributed by atoms with Crippen LogP contribution in [0.25, 0.3) is 10.8 Å². The van der Waals surface area contributed by atoms with Crippen molar-refractivity contribution in [3.05, 3.63) is 41.3 Å². The zero-order chi connectivity index (χ0) is 9.54. The maximum absolute atomic E-state index is 11.0. The van der Waals surface area contributed by atoms with Gasteiger partial charge >= 0.3 is 6.03 Å². The molecule has 1 aromatic carbocycles. The molecule has 0 atom stereocenters. The molecule has 3 rings (SSSR count). The van der Waals surface area contributed by atoms with Crippen molar-refractivity contribution in [2.45, 2.75) is 0 Å². The van der Waals surface area contributed by atoms with E-state index >= 15 is 0 Å². The van der Waals surface area contributed by atoms with Crippen molar-refractivity contribution < 1.29 is 4.79 Å². The highest BCUT2D eigenvalue weighted by atomic mass is 16.2. The number of hydrogen-bond donors (Lipinski definition) is 0. The fourth-order valence-electron chi connectivity index (χ4n) is 1.57. The van der Waals surface area contributed by atoms with Gasteiger partial charge in [0.2, 0.25) is 0 Å². The fourth-order valence-corrected chi connectivity index (χ4v) is 1.57. The second-order valence-corrected chi connectivity index (χ2v) is 3.04. The van der Waals surface area contributed by atoms with Gasteiger partial charge in [-0.25, -0.2) is 4.79 Å². The molecule has 0 saturated heterocycles. The molecule has 14 heavy (non-hydrogen) atoms. The molecule has 1 aromatic heterocycles. The zero-order valence-corrected chi connectivity index (χ0v) is 7.14. The zero-order valence-electron chi connectivity index (χ0n) is 7.14. The van der Waals surface area contributed by atoms with E-state index < -0.39 is 6.03 Å². The van der Waals surface area contributed by atoms with E-state index in [4.69, 9.17) is 0 Å². The fraction of sp³-hybridized carbons (Fsp3) is 0. The van der Waals surface area contributed by atoms with Gasteiger partial charge < -0.3 is 0 Å². The summed E-state index contributed by atoms with van der Waals surface area (Å²) in [7, 11) is 0. The predicted octanol–water partition coefficient (Wildman–Crippen LogP) is 0.608. The third-order valence-electron chi connectivity index (χ3n) is 2.20.